The Balaban J connectivity index is 1.57. The number of alkyl carbamates (subject to hydrolysis) is 1. The highest BCUT2D eigenvalue weighted by Crippen LogP contribution is 2.39. The summed E-state index contributed by atoms with van der Waals surface area (Å²) >= 11 is 0. The van der Waals surface area contributed by atoms with Crippen LogP contribution in [0.3, 0.4) is 0 Å². The van der Waals surface area contributed by atoms with Crippen molar-refractivity contribution in [3.05, 3.63) is 122 Å². The van der Waals surface area contributed by atoms with Crippen LogP contribution in [-0.4, -0.2) is 91.1 Å². The number of anilines is 1. The predicted octanol–water partition coefficient (Wildman–Crippen LogP) is 5.52. The van der Waals surface area contributed by atoms with Gasteiger partial charge < -0.3 is 30.0 Å². The number of nitrogens with one attached hydrogen (secondary N) is 3. The van der Waals surface area contributed by atoms with Crippen molar-refractivity contribution in [3.63, 3.8) is 0 Å². The quantitative estimate of drug-likeness (QED) is 0.0779. The highest BCUT2D eigenvalue weighted by Gasteiger charge is 2.46. The number of imidazole rings is 1. The first-order valence-electron chi connectivity index (χ1n) is 20.5. The summed E-state index contributed by atoms with van der Waals surface area (Å²) in [7, 11) is 0. The first kappa shape index (κ1) is 46.9. The van der Waals surface area contributed by atoms with Crippen molar-refractivity contribution in [2.24, 2.45) is 5.92 Å². The maximum atomic E-state index is 15.4. The van der Waals surface area contributed by atoms with E-state index in [4.69, 9.17) is 9.47 Å². The van der Waals surface area contributed by atoms with Gasteiger partial charge in [0.15, 0.2) is 0 Å². The van der Waals surface area contributed by atoms with E-state index in [1.165, 1.54) is 17.4 Å². The van der Waals surface area contributed by atoms with Crippen LogP contribution in [0.15, 0.2) is 85.3 Å². The number of hydrogen-bond acceptors (Lipinski definition) is 12. The van der Waals surface area contributed by atoms with Crippen LogP contribution in [-0.2, 0) is 43.4 Å². The number of rotatable bonds is 19. The number of nitro groups is 2. The van der Waals surface area contributed by atoms with Crippen LogP contribution in [0, 0.1) is 26.1 Å². The van der Waals surface area contributed by atoms with Gasteiger partial charge in [-0.3, -0.25) is 44.3 Å². The van der Waals surface area contributed by atoms with Gasteiger partial charge in [-0.25, -0.2) is 9.78 Å². The van der Waals surface area contributed by atoms with E-state index in [0.29, 0.717) is 24.3 Å². The van der Waals surface area contributed by atoms with E-state index < -0.39 is 86.4 Å². The zero-order valence-corrected chi connectivity index (χ0v) is 35.6. The van der Waals surface area contributed by atoms with Gasteiger partial charge in [0.2, 0.25) is 18.1 Å². The average molecular weight is 868 g/mol. The van der Waals surface area contributed by atoms with E-state index in [-0.39, 0.29) is 37.9 Å². The second-order valence-corrected chi connectivity index (χ2v) is 16.1. The van der Waals surface area contributed by atoms with E-state index >= 15 is 4.79 Å². The number of hydrogen-bond donors (Lipinski definition) is 3. The summed E-state index contributed by atoms with van der Waals surface area (Å²) in [5.41, 5.74) is -1.78. The van der Waals surface area contributed by atoms with Crippen LogP contribution in [0.1, 0.15) is 70.7 Å². The third-order valence-corrected chi connectivity index (χ3v) is 10.5. The van der Waals surface area contributed by atoms with Crippen molar-refractivity contribution >= 4 is 47.2 Å². The molecule has 0 unspecified atom stereocenters. The highest BCUT2D eigenvalue weighted by atomic mass is 16.6. The monoisotopic (exact) mass is 867 g/mol. The Bertz CT molecular complexity index is 2250. The molecule has 63 heavy (non-hydrogen) atoms. The number of likely N-dealkylation sites (tertiary alicyclic amines) is 1. The Morgan fingerprint density at radius 2 is 1.68 bits per heavy atom. The van der Waals surface area contributed by atoms with E-state index in [1.54, 1.807) is 58.9 Å². The fourth-order valence-electron chi connectivity index (χ4n) is 7.17. The number of carbonyl (C=O) groups excluding carboxylic acids is 5. The molecule has 3 aromatic carbocycles. The number of para-hydroxylation sites is 1. The van der Waals surface area contributed by atoms with E-state index in [1.807, 2.05) is 36.6 Å². The summed E-state index contributed by atoms with van der Waals surface area (Å²) in [6.07, 6.45) is 4.19. The highest BCUT2D eigenvalue weighted by molar-refractivity contribution is 6.07. The van der Waals surface area contributed by atoms with Gasteiger partial charge in [-0.1, -0.05) is 68.8 Å². The molecule has 19 nitrogen and oxygen atoms in total. The standard InChI is InChI=1S/C44H51N8O11/c1-6-28(2)38(48-40(54)34(47-43(57)63-44(3,4)5)22-29-17-19-33(20-18-29)62-26-30-12-8-7-9-13-30)42(56)50(35-15-10-16-36(51(58)59)39(35)52(60)61)37(23-31-24-45-27-46-31)41(55)49-21-11-14-32(49)25-53/h7-10,12-13,15-20,24,27-28,32,34,37-38H,6,11,14,21-23,26H2,1-5H3,(H,45,46)(H,47,57)(H,48,54)/t28-,32-,34-,37-,38-/m0/s1. The number of ether oxygens (including phenoxy) is 2. The van der Waals surface area contributed by atoms with Gasteiger partial charge in [0.05, 0.1) is 27.9 Å². The lowest BCUT2D eigenvalue weighted by atomic mass is 9.94. The molecule has 2 heterocycles. The zero-order chi connectivity index (χ0) is 45.8. The number of nitrogens with zero attached hydrogens (tertiary/aromatic N) is 5. The Morgan fingerprint density at radius 1 is 0.968 bits per heavy atom. The molecule has 333 valence electrons. The van der Waals surface area contributed by atoms with Crippen LogP contribution in [0.2, 0.25) is 0 Å². The van der Waals surface area contributed by atoms with E-state index in [9.17, 15) is 39.4 Å². The number of benzene rings is 3. The molecule has 0 spiro atoms. The van der Waals surface area contributed by atoms with Gasteiger partial charge in [0, 0.05) is 31.6 Å². The third-order valence-electron chi connectivity index (χ3n) is 10.5. The minimum absolute atomic E-state index is 0.0929. The van der Waals surface area contributed by atoms with Crippen LogP contribution >= 0.6 is 0 Å². The minimum atomic E-state index is -1.67. The molecule has 19 heteroatoms. The molecule has 4 amide bonds. The number of nitro benzene ring substituents is 2. The first-order chi connectivity index (χ1) is 30.0. The Hall–Kier alpha value is -7.18. The van der Waals surface area contributed by atoms with Gasteiger partial charge in [0.1, 0.15) is 41.8 Å². The molecule has 1 saturated heterocycles. The molecule has 5 atom stereocenters. The number of aromatic nitrogens is 2. The second-order valence-electron chi connectivity index (χ2n) is 16.1. The third kappa shape index (κ3) is 12.2. The molecule has 1 aromatic heterocycles. The summed E-state index contributed by atoms with van der Waals surface area (Å²) in [4.78, 5) is 102. The molecule has 3 N–H and O–H groups in total. The largest absolute Gasteiger partial charge is 0.489 e. The maximum Gasteiger partial charge on any atom is 0.408 e. The van der Waals surface area contributed by atoms with Crippen LogP contribution in [0.25, 0.3) is 0 Å². The summed E-state index contributed by atoms with van der Waals surface area (Å²) in [5, 5.41) is 30.3. The number of amides is 4. The number of aromatic amines is 1. The number of H-pyrrole nitrogens is 1. The van der Waals surface area contributed by atoms with Gasteiger partial charge >= 0.3 is 17.5 Å². The van der Waals surface area contributed by atoms with Crippen LogP contribution < -0.4 is 20.3 Å². The van der Waals surface area contributed by atoms with Crippen molar-refractivity contribution < 1.29 is 43.3 Å². The lowest BCUT2D eigenvalue weighted by Crippen LogP contribution is -2.61. The smallest absolute Gasteiger partial charge is 0.408 e. The summed E-state index contributed by atoms with van der Waals surface area (Å²) in [5.74, 6) is -2.85. The summed E-state index contributed by atoms with van der Waals surface area (Å²) in [6, 6.07) is 14.0. The minimum Gasteiger partial charge on any atom is -0.489 e. The summed E-state index contributed by atoms with van der Waals surface area (Å²) in [6.45, 7) is 8.72. The van der Waals surface area contributed by atoms with Gasteiger partial charge in [-0.2, -0.15) is 0 Å². The van der Waals surface area contributed by atoms with Gasteiger partial charge in [0.25, 0.3) is 5.91 Å². The predicted molar refractivity (Wildman–Crippen MR) is 229 cm³/mol. The molecule has 5 rings (SSSR count). The van der Waals surface area contributed by atoms with Crippen LogP contribution in [0.4, 0.5) is 21.9 Å². The van der Waals surface area contributed by atoms with E-state index in [0.717, 1.165) is 28.7 Å². The lowest BCUT2D eigenvalue weighted by Gasteiger charge is -2.37. The molecule has 0 aliphatic carbocycles. The molecule has 1 aliphatic rings. The normalized spacial score (nSPS) is 15.6. The average Bonchev–Trinajstić information content (AvgIpc) is 3.96. The van der Waals surface area contributed by atoms with Crippen LogP contribution in [0.5, 0.6) is 5.75 Å². The van der Waals surface area contributed by atoms with Crippen molar-refractivity contribution in [2.45, 2.75) is 103 Å². The number of carbonyl (C=O) groups is 4. The maximum absolute atomic E-state index is 15.4. The molecule has 0 saturated carbocycles. The van der Waals surface area contributed by atoms with Crippen molar-refractivity contribution in [1.82, 2.24) is 25.5 Å². The van der Waals surface area contributed by atoms with E-state index in [2.05, 4.69) is 20.6 Å². The van der Waals surface area contributed by atoms with Crippen molar-refractivity contribution in [1.29, 1.82) is 0 Å². The zero-order valence-electron chi connectivity index (χ0n) is 35.6. The molecule has 1 radical (unpaired) electrons. The Labute approximate surface area is 363 Å². The molecule has 1 aliphatic heterocycles. The molecule has 0 bridgehead atoms. The molecular weight excluding hydrogens is 817 g/mol. The fourth-order valence-corrected chi connectivity index (χ4v) is 7.17. The molecule has 4 aromatic rings. The fraction of sp³-hybridized carbons (Fsp3) is 0.409. The van der Waals surface area contributed by atoms with Crippen molar-refractivity contribution in [2.75, 3.05) is 11.4 Å². The molecule has 1 fully saturated rings. The second kappa shape index (κ2) is 21.1. The van der Waals surface area contributed by atoms with Gasteiger partial charge in [-0.05, 0) is 68.9 Å². The topological polar surface area (TPSA) is 249 Å². The Kier molecular flexibility index (Phi) is 15.7. The SMILES string of the molecule is CC[C@H](C)[C@H](NC(=O)[C@H](Cc1ccc(OCc2ccccc2)cc1)NC(=O)OC(C)(C)C)C(=O)N(c1cccc([N+](=O)[O-])c1[N+](=O)[O-])[C@@H](Cc1c[nH]cn1)C(=O)N1CCC[C@H]1[C]=O. The molecular formula is C44H51N8O11. The van der Waals surface area contributed by atoms with Gasteiger partial charge in [-0.15, -0.1) is 0 Å². The summed E-state index contributed by atoms with van der Waals surface area (Å²) < 4.78 is 11.4. The first-order valence-corrected chi connectivity index (χ1v) is 20.5. The Morgan fingerprint density at radius 3 is 2.29 bits per heavy atom. The van der Waals surface area contributed by atoms with Crippen molar-refractivity contribution in [3.8, 4) is 5.75 Å². The lowest BCUT2D eigenvalue weighted by molar-refractivity contribution is -0.422.